The Morgan fingerprint density at radius 1 is 1.08 bits per heavy atom. The average Bonchev–Trinajstić information content (AvgIpc) is 3.01. The van der Waals surface area contributed by atoms with Gasteiger partial charge in [0.05, 0.1) is 7.11 Å². The summed E-state index contributed by atoms with van der Waals surface area (Å²) < 4.78 is 7.08. The van der Waals surface area contributed by atoms with Crippen LogP contribution in [0.15, 0.2) is 66.7 Å². The van der Waals surface area contributed by atoms with Crippen molar-refractivity contribution >= 4 is 22.5 Å². The van der Waals surface area contributed by atoms with Crippen molar-refractivity contribution in [1.82, 2.24) is 0 Å². The number of carbonyl (C=O) groups excluding carboxylic acids is 1. The summed E-state index contributed by atoms with van der Waals surface area (Å²) in [7, 11) is 1.41. The van der Waals surface area contributed by atoms with Crippen molar-refractivity contribution in [3.63, 3.8) is 0 Å². The van der Waals surface area contributed by atoms with Crippen LogP contribution in [0.3, 0.4) is 0 Å². The van der Waals surface area contributed by atoms with Gasteiger partial charge in [-0.15, -0.1) is 0 Å². The lowest BCUT2D eigenvalue weighted by atomic mass is 10.1. The lowest BCUT2D eigenvalue weighted by Crippen LogP contribution is -2.27. The zero-order chi connectivity index (χ0) is 16.9. The number of nitrogens with zero attached hydrogens (tertiary/aromatic N) is 1. The van der Waals surface area contributed by atoms with Crippen LogP contribution >= 0.6 is 11.5 Å². The molecule has 1 N–H and O–H groups in total. The third-order valence-electron chi connectivity index (χ3n) is 3.70. The molecule has 0 spiro atoms. The lowest BCUT2D eigenvalue weighted by molar-refractivity contribution is -0.527. The number of hydrogen-bond acceptors (Lipinski definition) is 4. The van der Waals surface area contributed by atoms with Crippen molar-refractivity contribution in [2.24, 2.45) is 0 Å². The van der Waals surface area contributed by atoms with Crippen molar-refractivity contribution < 1.29 is 13.5 Å². The van der Waals surface area contributed by atoms with Crippen LogP contribution in [0.5, 0.6) is 0 Å². The van der Waals surface area contributed by atoms with Crippen LogP contribution in [0.1, 0.15) is 17.3 Å². The van der Waals surface area contributed by atoms with Crippen LogP contribution in [0.2, 0.25) is 0 Å². The number of aromatic nitrogens is 1. The average molecular weight is 339 g/mol. The fourth-order valence-corrected chi connectivity index (χ4v) is 3.53. The predicted octanol–water partition coefficient (Wildman–Crippen LogP) is 3.66. The van der Waals surface area contributed by atoms with Gasteiger partial charge in [-0.3, -0.25) is 0 Å². The van der Waals surface area contributed by atoms with E-state index in [-0.39, 0.29) is 5.97 Å². The quantitative estimate of drug-likeness (QED) is 0.570. The van der Waals surface area contributed by atoms with Gasteiger partial charge in [0.25, 0.3) is 0 Å². The molecule has 1 heterocycles. The summed E-state index contributed by atoms with van der Waals surface area (Å²) in [6.45, 7) is 2.05. The minimum absolute atomic E-state index is 0.307. The summed E-state index contributed by atoms with van der Waals surface area (Å²) in [5, 5.41) is 4.21. The molecule has 0 aliphatic heterocycles. The molecule has 0 saturated heterocycles. The Labute approximate surface area is 145 Å². The van der Waals surface area contributed by atoms with Gasteiger partial charge in [0.15, 0.2) is 22.6 Å². The largest absolute Gasteiger partial charge is 0.467 e. The van der Waals surface area contributed by atoms with Crippen molar-refractivity contribution in [2.45, 2.75) is 13.0 Å². The maximum absolute atomic E-state index is 12.2. The van der Waals surface area contributed by atoms with E-state index in [2.05, 4.69) is 21.4 Å². The molecule has 1 aromatic heterocycles. The summed E-state index contributed by atoms with van der Waals surface area (Å²) in [6, 6.07) is 21.2. The van der Waals surface area contributed by atoms with Crippen LogP contribution in [-0.4, -0.2) is 13.1 Å². The first-order chi connectivity index (χ1) is 11.7. The number of methoxy groups -OCH3 is 1. The fraction of sp³-hybridized carbons (Fsp3) is 0.158. The van der Waals surface area contributed by atoms with Gasteiger partial charge in [-0.05, 0) is 5.56 Å². The zero-order valence-electron chi connectivity index (χ0n) is 13.6. The number of benzene rings is 2. The van der Waals surface area contributed by atoms with E-state index in [1.807, 2.05) is 61.5 Å². The molecular weight excluding hydrogens is 320 g/mol. The normalized spacial score (nSPS) is 11.8. The van der Waals surface area contributed by atoms with E-state index in [1.165, 1.54) is 7.11 Å². The number of anilines is 1. The highest BCUT2D eigenvalue weighted by Crippen LogP contribution is 2.24. The van der Waals surface area contributed by atoms with E-state index in [4.69, 9.17) is 4.74 Å². The highest BCUT2D eigenvalue weighted by molar-refractivity contribution is 7.06. The molecule has 1 atom stereocenters. The molecular formula is C19H19N2O2S+. The van der Waals surface area contributed by atoms with Crippen molar-refractivity contribution in [3.8, 4) is 5.69 Å². The van der Waals surface area contributed by atoms with Gasteiger partial charge in [-0.25, -0.2) is 4.79 Å². The van der Waals surface area contributed by atoms with Crippen LogP contribution in [0.25, 0.3) is 5.69 Å². The molecule has 5 heteroatoms. The number of rotatable bonds is 5. The van der Waals surface area contributed by atoms with Gasteiger partial charge >= 0.3 is 5.97 Å². The molecule has 4 nitrogen and oxygen atoms in total. The van der Waals surface area contributed by atoms with E-state index in [9.17, 15) is 4.79 Å². The van der Waals surface area contributed by atoms with Crippen molar-refractivity contribution in [1.29, 1.82) is 0 Å². The maximum Gasteiger partial charge on any atom is 0.333 e. The second-order valence-corrected chi connectivity index (χ2v) is 6.37. The Hall–Kier alpha value is -2.66. The first kappa shape index (κ1) is 16.2. The SMILES string of the molecule is COC(=O)[C@@H](Nc1cc(C)[n+](-c2ccccc2)s1)c1ccccc1. The minimum Gasteiger partial charge on any atom is -0.467 e. The summed E-state index contributed by atoms with van der Waals surface area (Å²) in [5.74, 6) is -0.307. The number of esters is 1. The molecule has 0 aliphatic carbocycles. The molecule has 0 aliphatic rings. The second kappa shape index (κ2) is 7.27. The lowest BCUT2D eigenvalue weighted by Gasteiger charge is -2.15. The van der Waals surface area contributed by atoms with Gasteiger partial charge in [0.1, 0.15) is 0 Å². The van der Waals surface area contributed by atoms with Gasteiger partial charge in [0.2, 0.25) is 11.4 Å². The molecule has 0 bridgehead atoms. The van der Waals surface area contributed by atoms with Crippen molar-refractivity contribution in [3.05, 3.63) is 78.0 Å². The van der Waals surface area contributed by atoms with E-state index < -0.39 is 6.04 Å². The summed E-state index contributed by atoms with van der Waals surface area (Å²) in [4.78, 5) is 12.2. The smallest absolute Gasteiger partial charge is 0.333 e. The van der Waals surface area contributed by atoms with Crippen LogP contribution in [0, 0.1) is 6.92 Å². The number of ether oxygens (including phenoxy) is 1. The predicted molar refractivity (Wildman–Crippen MR) is 95.4 cm³/mol. The Bertz CT molecular complexity index is 816. The monoisotopic (exact) mass is 339 g/mol. The van der Waals surface area contributed by atoms with E-state index in [0.717, 1.165) is 21.9 Å². The molecule has 2 aromatic carbocycles. The first-order valence-electron chi connectivity index (χ1n) is 7.67. The Kier molecular flexibility index (Phi) is 4.91. The third-order valence-corrected chi connectivity index (χ3v) is 4.81. The highest BCUT2D eigenvalue weighted by Gasteiger charge is 2.25. The number of nitrogens with one attached hydrogen (secondary N) is 1. The molecule has 3 rings (SSSR count). The standard InChI is InChI=1S/C19H18N2O2S/c1-14-13-17(24-21(14)16-11-7-4-8-12-16)20-18(19(22)23-2)15-9-5-3-6-10-15/h3-13,18H,1-2H3/p+1/t18-/m0/s1. The fourth-order valence-electron chi connectivity index (χ4n) is 2.52. The van der Waals surface area contributed by atoms with Crippen molar-refractivity contribution in [2.75, 3.05) is 12.4 Å². The maximum atomic E-state index is 12.2. The minimum atomic E-state index is -0.529. The van der Waals surface area contributed by atoms with Gasteiger partial charge in [-0.1, -0.05) is 52.5 Å². The first-order valence-corrected chi connectivity index (χ1v) is 8.44. The molecule has 122 valence electrons. The van der Waals surface area contributed by atoms with E-state index in [1.54, 1.807) is 11.5 Å². The Morgan fingerprint density at radius 3 is 2.33 bits per heavy atom. The molecule has 0 amide bonds. The molecule has 0 saturated carbocycles. The van der Waals surface area contributed by atoms with Gasteiger partial charge in [0, 0.05) is 25.1 Å². The van der Waals surface area contributed by atoms with Gasteiger partial charge < -0.3 is 10.1 Å². The summed E-state index contributed by atoms with van der Waals surface area (Å²) in [5.41, 5.74) is 3.08. The van der Waals surface area contributed by atoms with E-state index >= 15 is 0 Å². The third kappa shape index (κ3) is 3.46. The molecule has 0 unspecified atom stereocenters. The van der Waals surface area contributed by atoms with Crippen LogP contribution in [0.4, 0.5) is 5.00 Å². The molecule has 24 heavy (non-hydrogen) atoms. The Morgan fingerprint density at radius 2 is 1.71 bits per heavy atom. The number of para-hydroxylation sites is 1. The summed E-state index contributed by atoms with van der Waals surface area (Å²) >= 11 is 1.56. The molecule has 0 fully saturated rings. The topological polar surface area (TPSA) is 42.2 Å². The van der Waals surface area contributed by atoms with Crippen LogP contribution < -0.4 is 9.27 Å². The molecule has 0 radical (unpaired) electrons. The molecule has 3 aromatic rings. The van der Waals surface area contributed by atoms with Crippen LogP contribution in [-0.2, 0) is 9.53 Å². The van der Waals surface area contributed by atoms with Gasteiger partial charge in [-0.2, -0.15) is 0 Å². The van der Waals surface area contributed by atoms with E-state index in [0.29, 0.717) is 0 Å². The summed E-state index contributed by atoms with van der Waals surface area (Å²) in [6.07, 6.45) is 0. The number of hydrogen-bond donors (Lipinski definition) is 1. The number of carbonyl (C=O) groups is 1. The Balaban J connectivity index is 1.90. The zero-order valence-corrected chi connectivity index (χ0v) is 14.4. The highest BCUT2D eigenvalue weighted by atomic mass is 32.1. The number of aryl methyl sites for hydroxylation is 1. The second-order valence-electron chi connectivity index (χ2n) is 5.38.